The van der Waals surface area contributed by atoms with Gasteiger partial charge in [0.1, 0.15) is 11.5 Å². The Bertz CT molecular complexity index is 758. The summed E-state index contributed by atoms with van der Waals surface area (Å²) in [6, 6.07) is 7.86. The fourth-order valence-electron chi connectivity index (χ4n) is 4.40. The molecule has 1 aromatic rings. The first-order valence-corrected chi connectivity index (χ1v) is 9.47. The van der Waals surface area contributed by atoms with E-state index in [0.717, 1.165) is 30.5 Å². The molecule has 0 unspecified atom stereocenters. The van der Waals surface area contributed by atoms with Gasteiger partial charge in [0.25, 0.3) is 0 Å². The lowest BCUT2D eigenvalue weighted by Crippen LogP contribution is -2.40. The minimum Gasteiger partial charge on any atom is -0.465 e. The van der Waals surface area contributed by atoms with Crippen molar-refractivity contribution in [1.29, 1.82) is 0 Å². The largest absolute Gasteiger partial charge is 0.465 e. The van der Waals surface area contributed by atoms with Crippen LogP contribution in [0.1, 0.15) is 31.7 Å². The van der Waals surface area contributed by atoms with Gasteiger partial charge in [0, 0.05) is 5.69 Å². The van der Waals surface area contributed by atoms with E-state index in [1.807, 2.05) is 43.3 Å². The summed E-state index contributed by atoms with van der Waals surface area (Å²) < 4.78 is 11.6. The molecule has 0 saturated carbocycles. The van der Waals surface area contributed by atoms with Crippen molar-refractivity contribution in [2.75, 3.05) is 18.1 Å². The average Bonchev–Trinajstić information content (AvgIpc) is 3.27. The number of nitrogens with zero attached hydrogens (tertiary/aromatic N) is 1. The van der Waals surface area contributed by atoms with E-state index in [-0.39, 0.29) is 18.0 Å². The van der Waals surface area contributed by atoms with Gasteiger partial charge in [0.05, 0.1) is 25.2 Å². The number of hydrogen-bond donors (Lipinski definition) is 0. The molecule has 0 radical (unpaired) electrons. The highest BCUT2D eigenvalue weighted by Crippen LogP contribution is 2.52. The average molecular weight is 355 g/mol. The van der Waals surface area contributed by atoms with E-state index >= 15 is 0 Å². The van der Waals surface area contributed by atoms with Crippen molar-refractivity contribution in [1.82, 2.24) is 0 Å². The second-order valence-electron chi connectivity index (χ2n) is 7.54. The van der Waals surface area contributed by atoms with Crippen LogP contribution in [0.4, 0.5) is 5.69 Å². The summed E-state index contributed by atoms with van der Waals surface area (Å²) >= 11 is 0. The molecule has 3 aliphatic rings. The SMILES string of the molecule is CCCCCOC(=O)[C@@H]1[C@H]2C=C[C@@]3(CN(c4cccc(C)c4)C(=O)[C@@H]13)O2. The quantitative estimate of drug-likeness (QED) is 0.447. The van der Waals surface area contributed by atoms with E-state index in [1.165, 1.54) is 0 Å². The monoisotopic (exact) mass is 355 g/mol. The van der Waals surface area contributed by atoms with Gasteiger partial charge in [0.15, 0.2) is 0 Å². The molecule has 3 heterocycles. The summed E-state index contributed by atoms with van der Waals surface area (Å²) in [5.74, 6) is -1.37. The third kappa shape index (κ3) is 2.65. The molecule has 0 aliphatic carbocycles. The number of esters is 1. The molecule has 1 amide bonds. The zero-order chi connectivity index (χ0) is 18.3. The van der Waals surface area contributed by atoms with Crippen LogP contribution in [0.25, 0.3) is 0 Å². The fraction of sp³-hybridized carbons (Fsp3) is 0.524. The van der Waals surface area contributed by atoms with Crippen LogP contribution in [-0.4, -0.2) is 36.7 Å². The van der Waals surface area contributed by atoms with Gasteiger partial charge in [-0.3, -0.25) is 9.59 Å². The van der Waals surface area contributed by atoms with Crippen LogP contribution in [0.15, 0.2) is 36.4 Å². The molecule has 26 heavy (non-hydrogen) atoms. The number of anilines is 1. The number of hydrogen-bond acceptors (Lipinski definition) is 4. The van der Waals surface area contributed by atoms with Crippen molar-refractivity contribution >= 4 is 17.6 Å². The van der Waals surface area contributed by atoms with E-state index in [9.17, 15) is 9.59 Å². The van der Waals surface area contributed by atoms with Crippen LogP contribution in [-0.2, 0) is 19.1 Å². The lowest BCUT2D eigenvalue weighted by atomic mass is 9.77. The summed E-state index contributed by atoms with van der Waals surface area (Å²) in [7, 11) is 0. The van der Waals surface area contributed by atoms with E-state index < -0.39 is 17.4 Å². The predicted molar refractivity (Wildman–Crippen MR) is 97.7 cm³/mol. The van der Waals surface area contributed by atoms with Crippen LogP contribution < -0.4 is 4.90 Å². The number of carbonyl (C=O) groups is 2. The van der Waals surface area contributed by atoms with Crippen molar-refractivity contribution in [3.63, 3.8) is 0 Å². The van der Waals surface area contributed by atoms with Gasteiger partial charge in [-0.05, 0) is 31.0 Å². The number of benzene rings is 1. The van der Waals surface area contributed by atoms with Crippen LogP contribution in [0.5, 0.6) is 0 Å². The highest BCUT2D eigenvalue weighted by Gasteiger charge is 2.67. The zero-order valence-corrected chi connectivity index (χ0v) is 15.3. The number of amides is 1. The maximum absolute atomic E-state index is 13.2. The lowest BCUT2D eigenvalue weighted by Gasteiger charge is -2.22. The normalized spacial score (nSPS) is 31.5. The maximum Gasteiger partial charge on any atom is 0.312 e. The Morgan fingerprint density at radius 3 is 3.00 bits per heavy atom. The zero-order valence-electron chi connectivity index (χ0n) is 15.3. The maximum atomic E-state index is 13.2. The number of ether oxygens (including phenoxy) is 2. The lowest BCUT2D eigenvalue weighted by molar-refractivity contribution is -0.152. The number of fused-ring (bicyclic) bond motifs is 1. The molecular weight excluding hydrogens is 330 g/mol. The molecule has 2 fully saturated rings. The molecule has 2 bridgehead atoms. The van der Waals surface area contributed by atoms with E-state index in [0.29, 0.717) is 13.2 Å². The molecule has 4 rings (SSSR count). The van der Waals surface area contributed by atoms with Crippen molar-refractivity contribution in [2.45, 2.75) is 44.8 Å². The van der Waals surface area contributed by atoms with Gasteiger partial charge < -0.3 is 14.4 Å². The van der Waals surface area contributed by atoms with Gasteiger partial charge in [0.2, 0.25) is 5.91 Å². The number of unbranched alkanes of at least 4 members (excludes halogenated alkanes) is 2. The summed E-state index contributed by atoms with van der Waals surface area (Å²) in [4.78, 5) is 27.6. The van der Waals surface area contributed by atoms with Crippen LogP contribution in [0.3, 0.4) is 0 Å². The summed E-state index contributed by atoms with van der Waals surface area (Å²) in [5.41, 5.74) is 1.25. The summed E-state index contributed by atoms with van der Waals surface area (Å²) in [6.07, 6.45) is 6.51. The highest BCUT2D eigenvalue weighted by atomic mass is 16.6. The Morgan fingerprint density at radius 2 is 2.23 bits per heavy atom. The first kappa shape index (κ1) is 17.3. The Balaban J connectivity index is 1.55. The molecule has 138 valence electrons. The van der Waals surface area contributed by atoms with Crippen molar-refractivity contribution < 1.29 is 19.1 Å². The van der Waals surface area contributed by atoms with Crippen molar-refractivity contribution in [3.8, 4) is 0 Å². The van der Waals surface area contributed by atoms with Gasteiger partial charge >= 0.3 is 5.97 Å². The van der Waals surface area contributed by atoms with Gasteiger partial charge in [-0.2, -0.15) is 0 Å². The van der Waals surface area contributed by atoms with E-state index in [1.54, 1.807) is 4.90 Å². The highest BCUT2D eigenvalue weighted by molar-refractivity contribution is 6.02. The molecular formula is C21H25NO4. The fourth-order valence-corrected chi connectivity index (χ4v) is 4.40. The molecule has 5 heteroatoms. The van der Waals surface area contributed by atoms with E-state index in [4.69, 9.17) is 9.47 Å². The first-order valence-electron chi connectivity index (χ1n) is 9.47. The molecule has 3 aliphatic heterocycles. The molecule has 1 spiro atoms. The number of rotatable bonds is 6. The minimum atomic E-state index is -0.696. The Morgan fingerprint density at radius 1 is 1.38 bits per heavy atom. The van der Waals surface area contributed by atoms with E-state index in [2.05, 4.69) is 6.92 Å². The second kappa shape index (κ2) is 6.54. The Labute approximate surface area is 154 Å². The minimum absolute atomic E-state index is 0.0436. The van der Waals surface area contributed by atoms with Crippen molar-refractivity contribution in [2.24, 2.45) is 11.8 Å². The summed E-state index contributed by atoms with van der Waals surface area (Å²) in [5, 5.41) is 0. The number of carbonyl (C=O) groups excluding carboxylic acids is 2. The van der Waals surface area contributed by atoms with Gasteiger partial charge in [-0.15, -0.1) is 0 Å². The van der Waals surface area contributed by atoms with Gasteiger partial charge in [-0.25, -0.2) is 0 Å². The topological polar surface area (TPSA) is 55.8 Å². The second-order valence-corrected chi connectivity index (χ2v) is 7.54. The molecule has 0 aromatic heterocycles. The Hall–Kier alpha value is -2.14. The van der Waals surface area contributed by atoms with Crippen LogP contribution >= 0.6 is 0 Å². The van der Waals surface area contributed by atoms with Crippen LogP contribution in [0, 0.1) is 18.8 Å². The standard InChI is InChI=1S/C21H25NO4/c1-3-4-5-11-25-20(24)17-16-9-10-21(26-16)13-22(19(23)18(17)21)15-8-6-7-14(2)12-15/h6-10,12,16-18H,3-5,11,13H2,1-2H3/t16-,17-,18-,21+/m1/s1. The third-order valence-corrected chi connectivity index (χ3v) is 5.68. The molecule has 1 aromatic carbocycles. The Kier molecular flexibility index (Phi) is 4.35. The van der Waals surface area contributed by atoms with Crippen molar-refractivity contribution in [3.05, 3.63) is 42.0 Å². The third-order valence-electron chi connectivity index (χ3n) is 5.68. The number of aryl methyl sites for hydroxylation is 1. The van der Waals surface area contributed by atoms with Crippen LogP contribution in [0.2, 0.25) is 0 Å². The smallest absolute Gasteiger partial charge is 0.312 e. The molecule has 5 nitrogen and oxygen atoms in total. The molecule has 4 atom stereocenters. The predicted octanol–water partition coefficient (Wildman–Crippen LogP) is 3.01. The first-order chi connectivity index (χ1) is 12.6. The summed E-state index contributed by atoms with van der Waals surface area (Å²) in [6.45, 7) is 4.97. The molecule has 0 N–H and O–H groups in total. The van der Waals surface area contributed by atoms with Gasteiger partial charge in [-0.1, -0.05) is 44.1 Å². The molecule has 2 saturated heterocycles.